The predicted octanol–water partition coefficient (Wildman–Crippen LogP) is 3.44. The van der Waals surface area contributed by atoms with Crippen molar-refractivity contribution in [2.24, 2.45) is 11.8 Å². The average molecular weight is 239 g/mol. The fourth-order valence-electron chi connectivity index (χ4n) is 3.66. The molecule has 92 valence electrons. The highest BCUT2D eigenvalue weighted by molar-refractivity contribution is 7.99. The highest BCUT2D eigenvalue weighted by atomic mass is 32.2. The molecule has 1 saturated heterocycles. The molecule has 0 amide bonds. The lowest BCUT2D eigenvalue weighted by Gasteiger charge is -2.25. The second kappa shape index (κ2) is 5.30. The lowest BCUT2D eigenvalue weighted by molar-refractivity contribution is 0.308. The molecule has 0 spiro atoms. The molecule has 16 heavy (non-hydrogen) atoms. The molecule has 0 bridgehead atoms. The van der Waals surface area contributed by atoms with Crippen LogP contribution in [0.15, 0.2) is 0 Å². The molecule has 2 aliphatic carbocycles. The number of nitrogens with one attached hydrogen (secondary N) is 1. The molecule has 3 rings (SSSR count). The summed E-state index contributed by atoms with van der Waals surface area (Å²) in [5, 5.41) is 3.92. The first-order valence-corrected chi connectivity index (χ1v) is 8.43. The van der Waals surface area contributed by atoms with Gasteiger partial charge in [-0.2, -0.15) is 11.8 Å². The van der Waals surface area contributed by atoms with Crippen molar-refractivity contribution in [1.82, 2.24) is 5.32 Å². The number of thioether (sulfide) groups is 1. The second-order valence-corrected chi connectivity index (χ2v) is 7.13. The summed E-state index contributed by atoms with van der Waals surface area (Å²) in [6.45, 7) is 0. The van der Waals surface area contributed by atoms with Gasteiger partial charge in [0.25, 0.3) is 0 Å². The highest BCUT2D eigenvalue weighted by Gasteiger charge is 2.43. The molecule has 2 heteroatoms. The largest absolute Gasteiger partial charge is 0.310 e. The monoisotopic (exact) mass is 239 g/mol. The summed E-state index contributed by atoms with van der Waals surface area (Å²) in [6.07, 6.45) is 11.9. The third-order valence-electron chi connectivity index (χ3n) is 4.71. The number of rotatable bonds is 3. The first kappa shape index (κ1) is 11.4. The molecule has 0 aromatic carbocycles. The zero-order valence-electron chi connectivity index (χ0n) is 10.3. The first-order valence-electron chi connectivity index (χ1n) is 7.27. The Morgan fingerprint density at radius 2 is 1.81 bits per heavy atom. The van der Waals surface area contributed by atoms with E-state index in [9.17, 15) is 0 Å². The molecule has 2 saturated carbocycles. The average Bonchev–Trinajstić information content (AvgIpc) is 3.11. The Hall–Kier alpha value is 0.310. The van der Waals surface area contributed by atoms with Crippen LogP contribution in [0, 0.1) is 11.8 Å². The van der Waals surface area contributed by atoms with Crippen LogP contribution in [0.1, 0.15) is 51.4 Å². The molecule has 1 aliphatic heterocycles. The maximum Gasteiger partial charge on any atom is 0.0161 e. The Balaban J connectivity index is 1.41. The van der Waals surface area contributed by atoms with Crippen LogP contribution in [0.3, 0.4) is 0 Å². The third kappa shape index (κ3) is 2.76. The maximum absolute atomic E-state index is 3.92. The normalized spacial score (nSPS) is 40.9. The predicted molar refractivity (Wildman–Crippen MR) is 72.0 cm³/mol. The molecule has 1 heterocycles. The fourth-order valence-corrected chi connectivity index (χ4v) is 4.75. The minimum Gasteiger partial charge on any atom is -0.310 e. The SMILES string of the molecule is C1CCC(C2CC2NC2CCCSC2)CC1. The number of hydrogen-bond acceptors (Lipinski definition) is 2. The third-order valence-corrected chi connectivity index (χ3v) is 5.92. The first-order chi connectivity index (χ1) is 7.93. The van der Waals surface area contributed by atoms with Crippen molar-refractivity contribution in [3.8, 4) is 0 Å². The van der Waals surface area contributed by atoms with Gasteiger partial charge in [0.1, 0.15) is 0 Å². The lowest BCUT2D eigenvalue weighted by Crippen LogP contribution is -2.36. The standard InChI is InChI=1S/C14H25NS/c1-2-5-11(6-3-1)13-9-14(13)15-12-7-4-8-16-10-12/h11-15H,1-10H2. The van der Waals surface area contributed by atoms with Gasteiger partial charge in [0.05, 0.1) is 0 Å². The van der Waals surface area contributed by atoms with E-state index in [1.165, 1.54) is 62.9 Å². The molecule has 1 N–H and O–H groups in total. The van der Waals surface area contributed by atoms with Crippen molar-refractivity contribution in [1.29, 1.82) is 0 Å². The van der Waals surface area contributed by atoms with Crippen LogP contribution < -0.4 is 5.32 Å². The Morgan fingerprint density at radius 3 is 2.56 bits per heavy atom. The Bertz CT molecular complexity index is 219. The smallest absolute Gasteiger partial charge is 0.0161 e. The molecule has 3 fully saturated rings. The van der Waals surface area contributed by atoms with E-state index in [0.29, 0.717) is 0 Å². The molecular formula is C14H25NS. The number of hydrogen-bond donors (Lipinski definition) is 1. The Kier molecular flexibility index (Phi) is 3.78. The molecule has 3 atom stereocenters. The van der Waals surface area contributed by atoms with E-state index in [0.717, 1.165) is 23.9 Å². The summed E-state index contributed by atoms with van der Waals surface area (Å²) in [7, 11) is 0. The van der Waals surface area contributed by atoms with E-state index in [-0.39, 0.29) is 0 Å². The highest BCUT2D eigenvalue weighted by Crippen LogP contribution is 2.44. The van der Waals surface area contributed by atoms with Crippen LogP contribution in [0.25, 0.3) is 0 Å². The summed E-state index contributed by atoms with van der Waals surface area (Å²) in [5.74, 6) is 4.91. The molecular weight excluding hydrogens is 214 g/mol. The van der Waals surface area contributed by atoms with Crippen molar-refractivity contribution in [3.63, 3.8) is 0 Å². The summed E-state index contributed by atoms with van der Waals surface area (Å²) >= 11 is 2.15. The summed E-state index contributed by atoms with van der Waals surface area (Å²) < 4.78 is 0. The minimum absolute atomic E-state index is 0.845. The molecule has 1 nitrogen and oxygen atoms in total. The van der Waals surface area contributed by atoms with Crippen molar-refractivity contribution in [2.45, 2.75) is 63.5 Å². The van der Waals surface area contributed by atoms with Crippen LogP contribution in [0.4, 0.5) is 0 Å². The quantitative estimate of drug-likeness (QED) is 0.809. The van der Waals surface area contributed by atoms with Crippen LogP contribution >= 0.6 is 11.8 Å². The molecule has 3 unspecified atom stereocenters. The van der Waals surface area contributed by atoms with Gasteiger partial charge in [0.2, 0.25) is 0 Å². The van der Waals surface area contributed by atoms with Crippen LogP contribution in [-0.2, 0) is 0 Å². The Labute approximate surface area is 104 Å². The van der Waals surface area contributed by atoms with Gasteiger partial charge >= 0.3 is 0 Å². The fraction of sp³-hybridized carbons (Fsp3) is 1.00. The van der Waals surface area contributed by atoms with E-state index in [1.807, 2.05) is 0 Å². The van der Waals surface area contributed by atoms with E-state index >= 15 is 0 Å². The van der Waals surface area contributed by atoms with Crippen LogP contribution in [0.2, 0.25) is 0 Å². The minimum atomic E-state index is 0.845. The van der Waals surface area contributed by atoms with Crippen molar-refractivity contribution < 1.29 is 0 Å². The maximum atomic E-state index is 3.92. The summed E-state index contributed by atoms with van der Waals surface area (Å²) in [6, 6.07) is 1.75. The van der Waals surface area contributed by atoms with Crippen molar-refractivity contribution >= 4 is 11.8 Å². The van der Waals surface area contributed by atoms with E-state index in [1.54, 1.807) is 0 Å². The van der Waals surface area contributed by atoms with E-state index < -0.39 is 0 Å². The van der Waals surface area contributed by atoms with Gasteiger partial charge in [-0.15, -0.1) is 0 Å². The molecule has 0 radical (unpaired) electrons. The Morgan fingerprint density at radius 1 is 0.938 bits per heavy atom. The molecule has 0 aromatic heterocycles. The van der Waals surface area contributed by atoms with E-state index in [4.69, 9.17) is 0 Å². The van der Waals surface area contributed by atoms with Gasteiger partial charge in [-0.3, -0.25) is 0 Å². The van der Waals surface area contributed by atoms with Crippen molar-refractivity contribution in [3.05, 3.63) is 0 Å². The van der Waals surface area contributed by atoms with Gasteiger partial charge < -0.3 is 5.32 Å². The van der Waals surface area contributed by atoms with Gasteiger partial charge in [-0.25, -0.2) is 0 Å². The summed E-state index contributed by atoms with van der Waals surface area (Å²) in [4.78, 5) is 0. The van der Waals surface area contributed by atoms with Gasteiger partial charge in [0.15, 0.2) is 0 Å². The van der Waals surface area contributed by atoms with Crippen molar-refractivity contribution in [2.75, 3.05) is 11.5 Å². The zero-order valence-corrected chi connectivity index (χ0v) is 11.1. The van der Waals surface area contributed by atoms with Crippen LogP contribution in [0.5, 0.6) is 0 Å². The van der Waals surface area contributed by atoms with Gasteiger partial charge in [0, 0.05) is 17.8 Å². The lowest BCUT2D eigenvalue weighted by atomic mass is 9.85. The van der Waals surface area contributed by atoms with E-state index in [2.05, 4.69) is 17.1 Å². The molecule has 3 aliphatic rings. The second-order valence-electron chi connectivity index (χ2n) is 5.98. The molecule has 0 aromatic rings. The topological polar surface area (TPSA) is 12.0 Å². The van der Waals surface area contributed by atoms with Crippen LogP contribution in [-0.4, -0.2) is 23.6 Å². The summed E-state index contributed by atoms with van der Waals surface area (Å²) in [5.41, 5.74) is 0. The van der Waals surface area contributed by atoms with Gasteiger partial charge in [-0.1, -0.05) is 32.1 Å². The zero-order chi connectivity index (χ0) is 10.8. The van der Waals surface area contributed by atoms with Gasteiger partial charge in [-0.05, 0) is 36.9 Å².